The number of methoxy groups -OCH3 is 1. The van der Waals surface area contributed by atoms with Crippen LogP contribution in [-0.4, -0.2) is 97.9 Å². The molecule has 4 heterocycles. The van der Waals surface area contributed by atoms with E-state index in [0.717, 1.165) is 18.4 Å². The fourth-order valence-electron chi connectivity index (χ4n) is 7.18. The minimum atomic E-state index is -0.670. The Morgan fingerprint density at radius 2 is 1.84 bits per heavy atom. The standard InChI is InChI=1S/C36H42FN9O3/c1-41-22-42-34(40)25-5-3-23(4-6-25)24-11-15-45(16-12-24)31(47)20-44-17-13-36(21-44)14-18-46(35(36)48)26-7-9-29(38)27(19-26)32(39)33-28(37)8-10-30(43-33)49-2/h3-10,19,22,24,39H,11-18,20-21,38H2,1-2H3,(H2,40,41,42)/t36-/m0/s1. The lowest BCUT2D eigenvalue weighted by Crippen LogP contribution is -2.44. The largest absolute Gasteiger partial charge is 0.481 e. The van der Waals surface area contributed by atoms with Gasteiger partial charge in [0.15, 0.2) is 11.7 Å². The first-order valence-corrected chi connectivity index (χ1v) is 16.5. The second kappa shape index (κ2) is 14.1. The van der Waals surface area contributed by atoms with Crippen molar-refractivity contribution in [2.75, 3.05) is 64.1 Å². The Balaban J connectivity index is 1.04. The van der Waals surface area contributed by atoms with Crippen LogP contribution in [0.5, 0.6) is 5.88 Å². The molecule has 1 spiro atoms. The number of nitrogens with one attached hydrogen (secondary N) is 3. The van der Waals surface area contributed by atoms with Crippen molar-refractivity contribution in [3.05, 3.63) is 82.8 Å². The van der Waals surface area contributed by atoms with E-state index < -0.39 is 11.2 Å². The Labute approximate surface area is 285 Å². The van der Waals surface area contributed by atoms with Gasteiger partial charge in [0.2, 0.25) is 17.7 Å². The number of ether oxygens (including phenoxy) is 1. The van der Waals surface area contributed by atoms with Crippen molar-refractivity contribution in [3.63, 3.8) is 0 Å². The third kappa shape index (κ3) is 6.89. The number of hydrogen-bond donors (Lipinski definition) is 4. The number of anilines is 2. The third-order valence-electron chi connectivity index (χ3n) is 10.0. The highest BCUT2D eigenvalue weighted by atomic mass is 19.1. The number of aliphatic imine (C=N–C) groups is 1. The molecule has 0 bridgehead atoms. The number of rotatable bonds is 9. The molecule has 1 atom stereocenters. The maximum atomic E-state index is 14.6. The molecule has 256 valence electrons. The van der Waals surface area contributed by atoms with Crippen LogP contribution in [0.4, 0.5) is 15.8 Å². The fraction of sp³-hybridized carbons (Fsp3) is 0.389. The Morgan fingerprint density at radius 1 is 1.10 bits per heavy atom. The molecular formula is C36H42FN9O3. The van der Waals surface area contributed by atoms with Gasteiger partial charge >= 0.3 is 0 Å². The summed E-state index contributed by atoms with van der Waals surface area (Å²) in [6.45, 7) is 3.33. The number of amidine groups is 1. The van der Waals surface area contributed by atoms with E-state index in [4.69, 9.17) is 21.3 Å². The van der Waals surface area contributed by atoms with Gasteiger partial charge in [-0.1, -0.05) is 24.3 Å². The molecule has 3 aliphatic heterocycles. The summed E-state index contributed by atoms with van der Waals surface area (Å²) in [7, 11) is 3.16. The van der Waals surface area contributed by atoms with Crippen molar-refractivity contribution >= 4 is 41.1 Å². The van der Waals surface area contributed by atoms with E-state index in [0.29, 0.717) is 57.2 Å². The minimum Gasteiger partial charge on any atom is -0.481 e. The van der Waals surface area contributed by atoms with Crippen LogP contribution in [0.1, 0.15) is 54.0 Å². The van der Waals surface area contributed by atoms with Gasteiger partial charge in [-0.15, -0.1) is 0 Å². The number of amides is 2. The zero-order valence-corrected chi connectivity index (χ0v) is 27.8. The molecule has 2 amide bonds. The first-order valence-electron chi connectivity index (χ1n) is 16.5. The Morgan fingerprint density at radius 3 is 2.55 bits per heavy atom. The van der Waals surface area contributed by atoms with Gasteiger partial charge in [-0.2, -0.15) is 0 Å². The number of nitrogen functional groups attached to an aromatic ring is 1. The lowest BCUT2D eigenvalue weighted by Gasteiger charge is -2.33. The van der Waals surface area contributed by atoms with E-state index in [1.807, 2.05) is 17.0 Å². The predicted octanol–water partition coefficient (Wildman–Crippen LogP) is 3.64. The molecule has 5 N–H and O–H groups in total. The number of nitrogens with two attached hydrogens (primary N) is 1. The molecule has 49 heavy (non-hydrogen) atoms. The van der Waals surface area contributed by atoms with Gasteiger partial charge in [0.1, 0.15) is 5.69 Å². The van der Waals surface area contributed by atoms with Crippen LogP contribution in [0.2, 0.25) is 0 Å². The van der Waals surface area contributed by atoms with Gasteiger partial charge in [0, 0.05) is 61.8 Å². The lowest BCUT2D eigenvalue weighted by molar-refractivity contribution is -0.133. The highest BCUT2D eigenvalue weighted by Gasteiger charge is 2.51. The number of pyridine rings is 1. The van der Waals surface area contributed by atoms with Gasteiger partial charge < -0.3 is 25.6 Å². The molecule has 13 heteroatoms. The van der Waals surface area contributed by atoms with Gasteiger partial charge in [-0.3, -0.25) is 25.3 Å². The number of piperidine rings is 1. The number of hydrogen-bond acceptors (Lipinski definition) is 8. The molecular weight excluding hydrogens is 625 g/mol. The summed E-state index contributed by atoms with van der Waals surface area (Å²) >= 11 is 0. The molecule has 6 rings (SSSR count). The van der Waals surface area contributed by atoms with Crippen molar-refractivity contribution in [3.8, 4) is 5.88 Å². The highest BCUT2D eigenvalue weighted by Crippen LogP contribution is 2.43. The second-order valence-corrected chi connectivity index (χ2v) is 13.0. The maximum absolute atomic E-state index is 14.6. The van der Waals surface area contributed by atoms with E-state index in [-0.39, 0.29) is 52.7 Å². The Bertz CT molecular complexity index is 1790. The van der Waals surface area contributed by atoms with E-state index in [9.17, 15) is 14.0 Å². The normalized spacial score (nSPS) is 20.0. The molecule has 1 aromatic heterocycles. The summed E-state index contributed by atoms with van der Waals surface area (Å²) in [6.07, 6.45) is 4.57. The first kappa shape index (κ1) is 33.7. The van der Waals surface area contributed by atoms with Crippen molar-refractivity contribution in [2.24, 2.45) is 10.4 Å². The van der Waals surface area contributed by atoms with Crippen LogP contribution in [0, 0.1) is 22.1 Å². The smallest absolute Gasteiger partial charge is 0.236 e. The monoisotopic (exact) mass is 667 g/mol. The molecule has 0 radical (unpaired) electrons. The van der Waals surface area contributed by atoms with E-state index in [1.54, 1.807) is 30.1 Å². The van der Waals surface area contributed by atoms with E-state index >= 15 is 0 Å². The number of carbonyl (C=O) groups excluding carboxylic acids is 2. The topological polar surface area (TPSA) is 164 Å². The van der Waals surface area contributed by atoms with Crippen molar-refractivity contribution in [2.45, 2.75) is 31.6 Å². The summed E-state index contributed by atoms with van der Waals surface area (Å²) in [5, 5.41) is 19.5. The zero-order valence-electron chi connectivity index (χ0n) is 27.8. The summed E-state index contributed by atoms with van der Waals surface area (Å²) in [5.41, 5.74) is 8.36. The van der Waals surface area contributed by atoms with Gasteiger partial charge in [0.25, 0.3) is 0 Å². The SMILES string of the molecule is CN/C=N\C(=N)c1ccc(C2CCN(C(=O)CN3CC[C@]4(CCN(c5ccc(N)c(C(=N)c6nc(OC)ccc6F)c5)C4=O)C3)CC2)cc1. The number of nitrogens with zero attached hydrogens (tertiary/aromatic N) is 5. The molecule has 0 aliphatic carbocycles. The quantitative estimate of drug-likeness (QED) is 0.154. The van der Waals surface area contributed by atoms with Gasteiger partial charge in [-0.25, -0.2) is 14.4 Å². The van der Waals surface area contributed by atoms with Gasteiger partial charge in [0.05, 0.1) is 31.1 Å². The molecule has 3 saturated heterocycles. The Hall–Kier alpha value is -5.17. The van der Waals surface area contributed by atoms with E-state index in [2.05, 4.69) is 32.3 Å². The maximum Gasteiger partial charge on any atom is 0.236 e. The van der Waals surface area contributed by atoms with Gasteiger partial charge in [-0.05, 0) is 68.0 Å². The zero-order chi connectivity index (χ0) is 34.7. The van der Waals surface area contributed by atoms with Crippen LogP contribution >= 0.6 is 0 Å². The molecule has 3 fully saturated rings. The molecule has 0 saturated carbocycles. The van der Waals surface area contributed by atoms with Crippen LogP contribution in [0.15, 0.2) is 59.6 Å². The number of likely N-dealkylation sites (tertiary alicyclic amines) is 2. The van der Waals surface area contributed by atoms with Crippen LogP contribution in [0.25, 0.3) is 0 Å². The minimum absolute atomic E-state index is 0.00816. The molecule has 12 nitrogen and oxygen atoms in total. The Kier molecular flexibility index (Phi) is 9.72. The number of benzene rings is 2. The molecule has 3 aliphatic rings. The summed E-state index contributed by atoms with van der Waals surface area (Å²) in [4.78, 5) is 41.2. The third-order valence-corrected chi connectivity index (χ3v) is 10.0. The van der Waals surface area contributed by atoms with Crippen molar-refractivity contribution < 1.29 is 18.7 Å². The number of halogens is 1. The average molecular weight is 668 g/mol. The van der Waals surface area contributed by atoms with Crippen LogP contribution in [-0.2, 0) is 9.59 Å². The van der Waals surface area contributed by atoms with E-state index in [1.165, 1.54) is 31.1 Å². The molecule has 3 aromatic rings. The first-order chi connectivity index (χ1) is 23.6. The lowest BCUT2D eigenvalue weighted by atomic mass is 9.85. The fourth-order valence-corrected chi connectivity index (χ4v) is 7.18. The molecule has 2 aromatic carbocycles. The average Bonchev–Trinajstić information content (AvgIpc) is 3.68. The van der Waals surface area contributed by atoms with Crippen molar-refractivity contribution in [1.29, 1.82) is 10.8 Å². The van der Waals surface area contributed by atoms with Crippen LogP contribution < -0.4 is 20.7 Å². The molecule has 0 unspecified atom stereocenters. The number of aromatic nitrogens is 1. The summed E-state index contributed by atoms with van der Waals surface area (Å²) < 4.78 is 19.7. The predicted molar refractivity (Wildman–Crippen MR) is 187 cm³/mol. The second-order valence-electron chi connectivity index (χ2n) is 13.0. The summed E-state index contributed by atoms with van der Waals surface area (Å²) in [5.74, 6) is 0.146. The summed E-state index contributed by atoms with van der Waals surface area (Å²) in [6, 6.07) is 15.6. The van der Waals surface area contributed by atoms with Crippen LogP contribution in [0.3, 0.4) is 0 Å². The number of carbonyl (C=O) groups is 2. The van der Waals surface area contributed by atoms with Crippen molar-refractivity contribution in [1.82, 2.24) is 20.1 Å². The highest BCUT2D eigenvalue weighted by molar-refractivity contribution is 6.14.